The van der Waals surface area contributed by atoms with Crippen LogP contribution in [0.3, 0.4) is 0 Å². The molecule has 1 saturated heterocycles. The second-order valence-corrected chi connectivity index (χ2v) is 4.91. The minimum Gasteiger partial charge on any atom is -0.334 e. The molecule has 9 heteroatoms. The van der Waals surface area contributed by atoms with Gasteiger partial charge in [-0.15, -0.1) is 12.4 Å². The molecule has 1 atom stereocenters. The largest absolute Gasteiger partial charge is 0.334 e. The molecule has 120 valence electrons. The fourth-order valence-corrected chi connectivity index (χ4v) is 2.26. The molecule has 0 bridgehead atoms. The highest BCUT2D eigenvalue weighted by Gasteiger charge is 2.26. The number of nitrogens with zero attached hydrogens (tertiary/aromatic N) is 3. The van der Waals surface area contributed by atoms with Gasteiger partial charge in [-0.2, -0.15) is 4.98 Å². The summed E-state index contributed by atoms with van der Waals surface area (Å²) in [5.74, 6) is -3.72. The van der Waals surface area contributed by atoms with Crippen LogP contribution >= 0.6 is 12.4 Å². The third-order valence-corrected chi connectivity index (χ3v) is 3.48. The van der Waals surface area contributed by atoms with Crippen LogP contribution in [0.5, 0.6) is 0 Å². The molecule has 3 rings (SSSR count). The molecule has 1 aliphatic rings. The van der Waals surface area contributed by atoms with Crippen LogP contribution < -0.4 is 5.32 Å². The highest BCUT2D eigenvalue weighted by molar-refractivity contribution is 5.85. The van der Waals surface area contributed by atoms with E-state index in [0.29, 0.717) is 12.4 Å². The molecule has 1 N–H and O–H groups in total. The fourth-order valence-electron chi connectivity index (χ4n) is 2.26. The summed E-state index contributed by atoms with van der Waals surface area (Å²) in [5.41, 5.74) is 0.0107. The first-order valence-corrected chi connectivity index (χ1v) is 6.45. The van der Waals surface area contributed by atoms with Crippen LogP contribution in [-0.2, 0) is 0 Å². The van der Waals surface area contributed by atoms with Crippen molar-refractivity contribution in [3.63, 3.8) is 0 Å². The van der Waals surface area contributed by atoms with Gasteiger partial charge in [0.05, 0.1) is 6.04 Å². The molecular weight excluding hydrogens is 321 g/mol. The topological polar surface area (TPSA) is 54.2 Å². The van der Waals surface area contributed by atoms with Crippen LogP contribution in [0.2, 0.25) is 0 Å². The number of hydrogen-bond acceptors (Lipinski definition) is 5. The number of piperazine rings is 1. The van der Waals surface area contributed by atoms with Crippen molar-refractivity contribution in [1.29, 1.82) is 0 Å². The highest BCUT2D eigenvalue weighted by Crippen LogP contribution is 2.25. The minimum atomic E-state index is -1.52. The summed E-state index contributed by atoms with van der Waals surface area (Å²) in [6.45, 7) is 2.35. The van der Waals surface area contributed by atoms with E-state index in [0.717, 1.165) is 25.2 Å². The first-order valence-electron chi connectivity index (χ1n) is 6.45. The van der Waals surface area contributed by atoms with Crippen molar-refractivity contribution >= 4 is 12.4 Å². The van der Waals surface area contributed by atoms with Gasteiger partial charge in [0.1, 0.15) is 0 Å². The summed E-state index contributed by atoms with van der Waals surface area (Å²) < 4.78 is 44.4. The third-order valence-electron chi connectivity index (χ3n) is 3.48. The third kappa shape index (κ3) is 3.08. The van der Waals surface area contributed by atoms with E-state index in [1.165, 1.54) is 0 Å². The lowest BCUT2D eigenvalue weighted by Gasteiger charge is -2.30. The molecule has 1 aromatic carbocycles. The van der Waals surface area contributed by atoms with Crippen LogP contribution in [-0.4, -0.2) is 41.7 Å². The number of hydrogen-bond donors (Lipinski definition) is 1. The molecule has 5 nitrogen and oxygen atoms in total. The van der Waals surface area contributed by atoms with Gasteiger partial charge in [0.15, 0.2) is 23.3 Å². The normalized spacial score (nSPS) is 19.0. The number of halogens is 4. The Labute approximate surface area is 130 Å². The molecule has 2 aromatic rings. The summed E-state index contributed by atoms with van der Waals surface area (Å²) in [4.78, 5) is 6.20. The smallest absolute Gasteiger partial charge is 0.258 e. The van der Waals surface area contributed by atoms with Gasteiger partial charge in [-0.05, 0) is 19.2 Å². The van der Waals surface area contributed by atoms with Crippen LogP contribution in [0.15, 0.2) is 16.7 Å². The van der Waals surface area contributed by atoms with Crippen LogP contribution in [0.1, 0.15) is 11.9 Å². The molecule has 0 amide bonds. The van der Waals surface area contributed by atoms with Gasteiger partial charge >= 0.3 is 0 Å². The lowest BCUT2D eigenvalue weighted by molar-refractivity contribution is 0.190. The number of aromatic nitrogens is 2. The Kier molecular flexibility index (Phi) is 5.05. The molecule has 2 heterocycles. The van der Waals surface area contributed by atoms with Crippen molar-refractivity contribution < 1.29 is 17.7 Å². The molecule has 1 unspecified atom stereocenters. The molecular formula is C13H14ClF3N4O. The number of likely N-dealkylation sites (N-methyl/N-ethyl adjacent to an activating group) is 1. The van der Waals surface area contributed by atoms with Gasteiger partial charge in [-0.1, -0.05) is 5.16 Å². The highest BCUT2D eigenvalue weighted by atomic mass is 35.5. The molecule has 0 spiro atoms. The van der Waals surface area contributed by atoms with Crippen LogP contribution in [0.4, 0.5) is 13.2 Å². The maximum absolute atomic E-state index is 13.2. The zero-order chi connectivity index (χ0) is 15.0. The molecule has 0 saturated carbocycles. The first kappa shape index (κ1) is 16.7. The van der Waals surface area contributed by atoms with E-state index < -0.39 is 17.5 Å². The summed E-state index contributed by atoms with van der Waals surface area (Å²) in [6.07, 6.45) is 0. The zero-order valence-corrected chi connectivity index (χ0v) is 12.5. The van der Waals surface area contributed by atoms with E-state index in [-0.39, 0.29) is 29.9 Å². The van der Waals surface area contributed by atoms with E-state index >= 15 is 0 Å². The zero-order valence-electron chi connectivity index (χ0n) is 11.6. The van der Waals surface area contributed by atoms with Crippen LogP contribution in [0, 0.1) is 17.5 Å². The minimum absolute atomic E-state index is 0. The van der Waals surface area contributed by atoms with E-state index in [9.17, 15) is 13.2 Å². The number of rotatable bonds is 2. The maximum Gasteiger partial charge on any atom is 0.258 e. The van der Waals surface area contributed by atoms with Crippen molar-refractivity contribution in [3.8, 4) is 11.5 Å². The number of benzene rings is 1. The quantitative estimate of drug-likeness (QED) is 0.853. The Morgan fingerprint density at radius 3 is 2.59 bits per heavy atom. The van der Waals surface area contributed by atoms with E-state index in [2.05, 4.69) is 20.4 Å². The Balaban J connectivity index is 0.00000176. The van der Waals surface area contributed by atoms with Gasteiger partial charge in [0, 0.05) is 25.2 Å². The van der Waals surface area contributed by atoms with Gasteiger partial charge in [0.25, 0.3) is 5.89 Å². The molecule has 1 aromatic heterocycles. The second-order valence-electron chi connectivity index (χ2n) is 4.91. The first-order chi connectivity index (χ1) is 10.1. The molecule has 1 aliphatic heterocycles. The van der Waals surface area contributed by atoms with Crippen molar-refractivity contribution in [2.24, 2.45) is 0 Å². The summed E-state index contributed by atoms with van der Waals surface area (Å²) in [5, 5.41) is 7.05. The van der Waals surface area contributed by atoms with Crippen molar-refractivity contribution in [2.45, 2.75) is 6.04 Å². The number of nitrogens with one attached hydrogen (secondary N) is 1. The second kappa shape index (κ2) is 6.64. The van der Waals surface area contributed by atoms with Crippen molar-refractivity contribution in [3.05, 3.63) is 35.4 Å². The Hall–Kier alpha value is -1.64. The van der Waals surface area contributed by atoms with E-state index in [1.54, 1.807) is 0 Å². The predicted octanol–water partition coefficient (Wildman–Crippen LogP) is 2.15. The van der Waals surface area contributed by atoms with Gasteiger partial charge in [-0.3, -0.25) is 4.90 Å². The fraction of sp³-hybridized carbons (Fsp3) is 0.385. The molecule has 0 radical (unpaired) electrons. The molecule has 0 aliphatic carbocycles. The van der Waals surface area contributed by atoms with Gasteiger partial charge in [0.2, 0.25) is 0 Å². The molecule has 22 heavy (non-hydrogen) atoms. The van der Waals surface area contributed by atoms with Crippen LogP contribution in [0.25, 0.3) is 11.5 Å². The van der Waals surface area contributed by atoms with E-state index in [1.807, 2.05) is 7.05 Å². The predicted molar refractivity (Wildman–Crippen MR) is 75.1 cm³/mol. The summed E-state index contributed by atoms with van der Waals surface area (Å²) in [6, 6.07) is 1.59. The lowest BCUT2D eigenvalue weighted by Crippen LogP contribution is -2.44. The lowest BCUT2D eigenvalue weighted by atomic mass is 10.2. The Morgan fingerprint density at radius 2 is 1.95 bits per heavy atom. The Bertz CT molecular complexity index is 643. The van der Waals surface area contributed by atoms with Gasteiger partial charge < -0.3 is 9.84 Å². The van der Waals surface area contributed by atoms with E-state index in [4.69, 9.17) is 4.52 Å². The SMILES string of the molecule is CN1CCNCC1c1noc(-c2cc(F)c(F)c(F)c2)n1.Cl. The summed E-state index contributed by atoms with van der Waals surface area (Å²) in [7, 11) is 1.93. The average molecular weight is 335 g/mol. The summed E-state index contributed by atoms with van der Waals surface area (Å²) >= 11 is 0. The maximum atomic E-state index is 13.2. The van der Waals surface area contributed by atoms with Gasteiger partial charge in [-0.25, -0.2) is 13.2 Å². The Morgan fingerprint density at radius 1 is 1.27 bits per heavy atom. The molecule has 1 fully saturated rings. The standard InChI is InChI=1S/C13H13F3N4O.ClH/c1-20-3-2-17-6-10(20)12-18-13(21-19-12)7-4-8(14)11(16)9(15)5-7;/h4-5,10,17H,2-3,6H2,1H3;1H. The van der Waals surface area contributed by atoms with Crippen molar-refractivity contribution in [1.82, 2.24) is 20.4 Å². The average Bonchev–Trinajstić information content (AvgIpc) is 2.94. The van der Waals surface area contributed by atoms with Crippen molar-refractivity contribution in [2.75, 3.05) is 26.7 Å². The monoisotopic (exact) mass is 334 g/mol.